The van der Waals surface area contributed by atoms with E-state index in [4.69, 9.17) is 16.7 Å². The Balaban J connectivity index is 2.59. The van der Waals surface area contributed by atoms with Crippen LogP contribution in [0, 0.1) is 5.82 Å². The summed E-state index contributed by atoms with van der Waals surface area (Å²) < 4.78 is 13.7. The van der Waals surface area contributed by atoms with Gasteiger partial charge in [-0.1, -0.05) is 11.6 Å². The summed E-state index contributed by atoms with van der Waals surface area (Å²) in [6.07, 6.45) is 0.927. The van der Waals surface area contributed by atoms with Gasteiger partial charge in [-0.3, -0.25) is 5.14 Å². The van der Waals surface area contributed by atoms with E-state index in [1.165, 1.54) is 6.07 Å². The van der Waals surface area contributed by atoms with Gasteiger partial charge in [-0.05, 0) is 51.1 Å². The molecular formula is C11H17ClFN3S. The molecule has 1 rings (SSSR count). The molecule has 6 heteroatoms. The van der Waals surface area contributed by atoms with E-state index in [0.29, 0.717) is 22.2 Å². The summed E-state index contributed by atoms with van der Waals surface area (Å²) in [6.45, 7) is 1.63. The molecule has 96 valence electrons. The monoisotopic (exact) mass is 277 g/mol. The van der Waals surface area contributed by atoms with Gasteiger partial charge in [-0.25, -0.2) is 4.39 Å². The molecule has 0 atom stereocenters. The number of halogens is 2. The van der Waals surface area contributed by atoms with Gasteiger partial charge < -0.3 is 10.2 Å². The molecule has 0 fully saturated rings. The average Bonchev–Trinajstić information content (AvgIpc) is 2.26. The molecule has 1 aromatic carbocycles. The Morgan fingerprint density at radius 1 is 1.47 bits per heavy atom. The molecule has 1 aromatic rings. The number of hydrogen-bond donors (Lipinski definition) is 2. The molecule has 3 nitrogen and oxygen atoms in total. The molecule has 0 aliphatic carbocycles. The third-order valence-corrected chi connectivity index (χ3v) is 3.04. The van der Waals surface area contributed by atoms with Crippen LogP contribution in [0.3, 0.4) is 0 Å². The maximum atomic E-state index is 13.7. The van der Waals surface area contributed by atoms with Gasteiger partial charge in [-0.2, -0.15) is 0 Å². The fourth-order valence-corrected chi connectivity index (χ4v) is 2.09. The summed E-state index contributed by atoms with van der Waals surface area (Å²) in [6, 6.07) is 3.04. The highest BCUT2D eigenvalue weighted by Gasteiger charge is 2.09. The summed E-state index contributed by atoms with van der Waals surface area (Å²) in [5.74, 6) is -0.365. The van der Waals surface area contributed by atoms with E-state index in [9.17, 15) is 4.39 Å². The number of nitrogens with zero attached hydrogens (tertiary/aromatic N) is 1. The van der Waals surface area contributed by atoms with Crippen molar-refractivity contribution in [3.63, 3.8) is 0 Å². The Morgan fingerprint density at radius 3 is 2.71 bits per heavy atom. The van der Waals surface area contributed by atoms with Crippen LogP contribution < -0.4 is 10.5 Å². The maximum Gasteiger partial charge on any atom is 0.148 e. The minimum atomic E-state index is -0.365. The Bertz CT molecular complexity index is 351. The standard InChI is InChI=1S/C11H17ClFN3S/c1-16(2)5-3-4-15-11-9(12)6-8(17-14)7-10(11)13/h6-7,15H,3-5,14H2,1-2H3. The summed E-state index contributed by atoms with van der Waals surface area (Å²) >= 11 is 6.95. The molecule has 3 N–H and O–H groups in total. The van der Waals surface area contributed by atoms with Crippen molar-refractivity contribution in [3.8, 4) is 0 Å². The fraction of sp³-hybridized carbons (Fsp3) is 0.455. The predicted octanol–water partition coefficient (Wildman–Crippen LogP) is 2.81. The Labute approximate surface area is 111 Å². The van der Waals surface area contributed by atoms with Crippen LogP contribution in [0.2, 0.25) is 5.02 Å². The van der Waals surface area contributed by atoms with Crippen LogP contribution in [0.1, 0.15) is 6.42 Å². The molecule has 0 saturated heterocycles. The van der Waals surface area contributed by atoms with Gasteiger partial charge in [-0.15, -0.1) is 0 Å². The first-order valence-electron chi connectivity index (χ1n) is 5.29. The largest absolute Gasteiger partial charge is 0.381 e. The second kappa shape index (κ2) is 7.06. The number of nitrogens with one attached hydrogen (secondary N) is 1. The van der Waals surface area contributed by atoms with Crippen LogP contribution in [-0.2, 0) is 0 Å². The predicted molar refractivity (Wildman–Crippen MR) is 73.1 cm³/mol. The van der Waals surface area contributed by atoms with E-state index in [0.717, 1.165) is 24.9 Å². The van der Waals surface area contributed by atoms with E-state index in [-0.39, 0.29) is 5.82 Å². The summed E-state index contributed by atoms with van der Waals surface area (Å²) in [5, 5.41) is 8.73. The van der Waals surface area contributed by atoms with E-state index < -0.39 is 0 Å². The molecule has 17 heavy (non-hydrogen) atoms. The van der Waals surface area contributed by atoms with Gasteiger partial charge in [0.25, 0.3) is 0 Å². The minimum absolute atomic E-state index is 0.350. The Kier molecular flexibility index (Phi) is 6.05. The summed E-state index contributed by atoms with van der Waals surface area (Å²) in [5.41, 5.74) is 0.350. The molecule has 0 aliphatic heterocycles. The minimum Gasteiger partial charge on any atom is -0.381 e. The Hall–Kier alpha value is -0.490. The molecule has 0 saturated carbocycles. The molecule has 0 unspecified atom stereocenters. The second-order valence-corrected chi connectivity index (χ2v) is 5.08. The van der Waals surface area contributed by atoms with Gasteiger partial charge in [0.05, 0.1) is 10.7 Å². The topological polar surface area (TPSA) is 41.3 Å². The van der Waals surface area contributed by atoms with Crippen LogP contribution in [0.5, 0.6) is 0 Å². The molecule has 0 bridgehead atoms. The first kappa shape index (κ1) is 14.6. The van der Waals surface area contributed by atoms with Crippen molar-refractivity contribution in [1.82, 2.24) is 4.90 Å². The van der Waals surface area contributed by atoms with Crippen LogP contribution in [0.4, 0.5) is 10.1 Å². The van der Waals surface area contributed by atoms with Gasteiger partial charge in [0.1, 0.15) is 5.82 Å². The molecule has 0 radical (unpaired) electrons. The van der Waals surface area contributed by atoms with Crippen molar-refractivity contribution in [1.29, 1.82) is 0 Å². The summed E-state index contributed by atoms with van der Waals surface area (Å²) in [7, 11) is 4.00. The Morgan fingerprint density at radius 2 is 2.18 bits per heavy atom. The van der Waals surface area contributed by atoms with E-state index in [1.54, 1.807) is 6.07 Å². The van der Waals surface area contributed by atoms with Crippen LogP contribution >= 0.6 is 23.5 Å². The second-order valence-electron chi connectivity index (χ2n) is 3.96. The lowest BCUT2D eigenvalue weighted by atomic mass is 10.3. The molecule has 0 amide bonds. The molecule has 0 aliphatic rings. The molecule has 0 aromatic heterocycles. The highest BCUT2D eigenvalue weighted by molar-refractivity contribution is 7.97. The van der Waals surface area contributed by atoms with Crippen molar-refractivity contribution in [2.45, 2.75) is 11.3 Å². The SMILES string of the molecule is CN(C)CCCNc1c(F)cc(SN)cc1Cl. The highest BCUT2D eigenvalue weighted by Crippen LogP contribution is 2.29. The number of benzene rings is 1. The van der Waals surface area contributed by atoms with E-state index >= 15 is 0 Å². The first-order chi connectivity index (χ1) is 8.04. The third-order valence-electron chi connectivity index (χ3n) is 2.24. The van der Waals surface area contributed by atoms with Gasteiger partial charge in [0.15, 0.2) is 0 Å². The van der Waals surface area contributed by atoms with Crippen molar-refractivity contribution < 1.29 is 4.39 Å². The zero-order chi connectivity index (χ0) is 12.8. The molecule has 0 spiro atoms. The quantitative estimate of drug-likeness (QED) is 0.620. The fourth-order valence-electron chi connectivity index (χ4n) is 1.40. The summed E-state index contributed by atoms with van der Waals surface area (Å²) in [4.78, 5) is 2.69. The van der Waals surface area contributed by atoms with Crippen LogP contribution in [0.15, 0.2) is 17.0 Å². The normalized spacial score (nSPS) is 10.9. The average molecular weight is 278 g/mol. The van der Waals surface area contributed by atoms with E-state index in [1.807, 2.05) is 14.1 Å². The molecule has 0 heterocycles. The lowest BCUT2D eigenvalue weighted by Crippen LogP contribution is -2.16. The van der Waals surface area contributed by atoms with Gasteiger partial charge in [0.2, 0.25) is 0 Å². The number of hydrogen-bond acceptors (Lipinski definition) is 4. The lowest BCUT2D eigenvalue weighted by molar-refractivity contribution is 0.405. The third kappa shape index (κ3) is 4.71. The zero-order valence-electron chi connectivity index (χ0n) is 9.96. The maximum absolute atomic E-state index is 13.7. The lowest BCUT2D eigenvalue weighted by Gasteiger charge is -2.12. The van der Waals surface area contributed by atoms with Crippen molar-refractivity contribution >= 4 is 29.2 Å². The molecular weight excluding hydrogens is 261 g/mol. The number of rotatable bonds is 6. The zero-order valence-corrected chi connectivity index (χ0v) is 11.5. The highest BCUT2D eigenvalue weighted by atomic mass is 35.5. The van der Waals surface area contributed by atoms with Crippen molar-refractivity contribution in [2.75, 3.05) is 32.5 Å². The van der Waals surface area contributed by atoms with Crippen LogP contribution in [0.25, 0.3) is 0 Å². The van der Waals surface area contributed by atoms with Gasteiger partial charge in [0, 0.05) is 11.4 Å². The number of anilines is 1. The number of nitrogens with two attached hydrogens (primary N) is 1. The van der Waals surface area contributed by atoms with E-state index in [2.05, 4.69) is 10.2 Å². The first-order valence-corrected chi connectivity index (χ1v) is 6.54. The smallest absolute Gasteiger partial charge is 0.148 e. The van der Waals surface area contributed by atoms with Crippen molar-refractivity contribution in [2.24, 2.45) is 5.14 Å². The van der Waals surface area contributed by atoms with Crippen molar-refractivity contribution in [3.05, 3.63) is 23.0 Å². The van der Waals surface area contributed by atoms with Gasteiger partial charge >= 0.3 is 0 Å². The van der Waals surface area contributed by atoms with Crippen LogP contribution in [-0.4, -0.2) is 32.1 Å².